The number of hydrogen-bond acceptors (Lipinski definition) is 5. The smallest absolute Gasteiger partial charge is 0.317 e. The highest BCUT2D eigenvalue weighted by molar-refractivity contribution is 5.74. The van der Waals surface area contributed by atoms with Crippen LogP contribution < -0.4 is 5.32 Å². The molecule has 1 aliphatic heterocycles. The van der Waals surface area contributed by atoms with Gasteiger partial charge >= 0.3 is 6.03 Å². The molecule has 1 aliphatic carbocycles. The van der Waals surface area contributed by atoms with Gasteiger partial charge in [-0.1, -0.05) is 11.6 Å². The number of piperidine rings is 1. The van der Waals surface area contributed by atoms with Crippen molar-refractivity contribution in [3.8, 4) is 0 Å². The monoisotopic (exact) mass is 363 g/mol. The van der Waals surface area contributed by atoms with Crippen molar-refractivity contribution in [2.75, 3.05) is 26.2 Å². The summed E-state index contributed by atoms with van der Waals surface area (Å²) in [5, 5.41) is 7.01. The molecular weight excluding hydrogens is 334 g/mol. The van der Waals surface area contributed by atoms with E-state index in [1.807, 2.05) is 11.8 Å². The molecule has 0 radical (unpaired) electrons. The maximum absolute atomic E-state index is 12.5. The molecular formula is C18H29N5O3. The van der Waals surface area contributed by atoms with Crippen molar-refractivity contribution in [3.05, 3.63) is 11.7 Å². The molecule has 2 aliphatic rings. The number of rotatable bonds is 6. The molecule has 3 rings (SSSR count). The predicted molar refractivity (Wildman–Crippen MR) is 95.4 cm³/mol. The first kappa shape index (κ1) is 18.7. The number of urea groups is 1. The molecule has 1 unspecified atom stereocenters. The van der Waals surface area contributed by atoms with Gasteiger partial charge in [0.2, 0.25) is 11.8 Å². The number of nitrogens with one attached hydrogen (secondary N) is 1. The van der Waals surface area contributed by atoms with Gasteiger partial charge in [0.25, 0.3) is 0 Å². The number of nitrogens with zero attached hydrogens (tertiary/aromatic N) is 4. The lowest BCUT2D eigenvalue weighted by atomic mass is 9.85. The lowest BCUT2D eigenvalue weighted by Gasteiger charge is -2.32. The molecule has 3 amide bonds. The number of hydrogen-bond donors (Lipinski definition) is 1. The first-order chi connectivity index (χ1) is 12.6. The van der Waals surface area contributed by atoms with Crippen LogP contribution >= 0.6 is 0 Å². The third-order valence-electron chi connectivity index (χ3n) is 5.45. The zero-order valence-electron chi connectivity index (χ0n) is 15.7. The van der Waals surface area contributed by atoms with E-state index in [4.69, 9.17) is 4.52 Å². The Hall–Kier alpha value is -2.12. The Labute approximate surface area is 154 Å². The molecule has 0 bridgehead atoms. The van der Waals surface area contributed by atoms with Gasteiger partial charge in [-0.05, 0) is 38.5 Å². The van der Waals surface area contributed by atoms with Crippen LogP contribution in [0.15, 0.2) is 4.52 Å². The molecule has 8 nitrogen and oxygen atoms in total. The van der Waals surface area contributed by atoms with Crippen LogP contribution in [0.2, 0.25) is 0 Å². The summed E-state index contributed by atoms with van der Waals surface area (Å²) in [5.74, 6) is 2.08. The summed E-state index contributed by atoms with van der Waals surface area (Å²) in [5.41, 5.74) is 0. The number of amides is 3. The summed E-state index contributed by atoms with van der Waals surface area (Å²) < 4.78 is 5.33. The van der Waals surface area contributed by atoms with E-state index in [1.165, 1.54) is 6.42 Å². The topological polar surface area (TPSA) is 91.6 Å². The second kappa shape index (κ2) is 8.51. The van der Waals surface area contributed by atoms with Crippen molar-refractivity contribution < 1.29 is 14.1 Å². The Balaban J connectivity index is 1.47. The summed E-state index contributed by atoms with van der Waals surface area (Å²) in [6.45, 7) is 6.58. The Kier molecular flexibility index (Phi) is 6.11. The summed E-state index contributed by atoms with van der Waals surface area (Å²) in [6, 6.07) is -0.123. The van der Waals surface area contributed by atoms with Gasteiger partial charge in [0.15, 0.2) is 5.82 Å². The highest BCUT2D eigenvalue weighted by atomic mass is 16.5. The standard InChI is InChI=1S/C18H29N5O3/c1-3-22(12-16-20-17(26-21-16)15-7-4-8-15)18(25)19-10-14-6-5-9-23(11-14)13(2)24/h14-15H,3-12H2,1-2H3,(H,19,25). The van der Waals surface area contributed by atoms with Crippen molar-refractivity contribution in [3.63, 3.8) is 0 Å². The summed E-state index contributed by atoms with van der Waals surface area (Å²) >= 11 is 0. The highest BCUT2D eigenvalue weighted by Gasteiger charge is 2.26. The number of aromatic nitrogens is 2. The second-order valence-corrected chi connectivity index (χ2v) is 7.35. The molecule has 2 fully saturated rings. The Morgan fingerprint density at radius 3 is 2.77 bits per heavy atom. The van der Waals surface area contributed by atoms with Crippen molar-refractivity contribution in [1.82, 2.24) is 25.3 Å². The lowest BCUT2D eigenvalue weighted by Crippen LogP contribution is -2.46. The van der Waals surface area contributed by atoms with Crippen molar-refractivity contribution in [2.24, 2.45) is 5.92 Å². The lowest BCUT2D eigenvalue weighted by molar-refractivity contribution is -0.130. The molecule has 0 spiro atoms. The maximum Gasteiger partial charge on any atom is 0.317 e. The molecule has 26 heavy (non-hydrogen) atoms. The third kappa shape index (κ3) is 4.53. The molecule has 0 aromatic carbocycles. The highest BCUT2D eigenvalue weighted by Crippen LogP contribution is 2.35. The van der Waals surface area contributed by atoms with E-state index >= 15 is 0 Å². The van der Waals surface area contributed by atoms with Crippen molar-refractivity contribution >= 4 is 11.9 Å². The fraction of sp³-hybridized carbons (Fsp3) is 0.778. The number of likely N-dealkylation sites (tertiary alicyclic amines) is 1. The van der Waals surface area contributed by atoms with Crippen molar-refractivity contribution in [2.45, 2.75) is 58.4 Å². The fourth-order valence-corrected chi connectivity index (χ4v) is 3.51. The van der Waals surface area contributed by atoms with E-state index in [-0.39, 0.29) is 11.9 Å². The van der Waals surface area contributed by atoms with Crippen LogP contribution in [0.5, 0.6) is 0 Å². The minimum atomic E-state index is -0.123. The number of carbonyl (C=O) groups is 2. The Morgan fingerprint density at radius 1 is 1.31 bits per heavy atom. The van der Waals surface area contributed by atoms with Gasteiger partial charge in [0.1, 0.15) is 0 Å². The molecule has 1 saturated heterocycles. The summed E-state index contributed by atoms with van der Waals surface area (Å²) in [4.78, 5) is 32.0. The van der Waals surface area contributed by atoms with Crippen LogP contribution in [0.3, 0.4) is 0 Å². The van der Waals surface area contributed by atoms with E-state index < -0.39 is 0 Å². The molecule has 1 saturated carbocycles. The quantitative estimate of drug-likeness (QED) is 0.836. The average molecular weight is 363 g/mol. The first-order valence-electron chi connectivity index (χ1n) is 9.67. The third-order valence-corrected chi connectivity index (χ3v) is 5.45. The zero-order chi connectivity index (χ0) is 18.5. The van der Waals surface area contributed by atoms with Gasteiger partial charge < -0.3 is 19.6 Å². The predicted octanol–water partition coefficient (Wildman–Crippen LogP) is 2.13. The molecule has 144 valence electrons. The summed E-state index contributed by atoms with van der Waals surface area (Å²) in [7, 11) is 0. The van der Waals surface area contributed by atoms with Crippen LogP contribution in [-0.2, 0) is 11.3 Å². The van der Waals surface area contributed by atoms with Crippen molar-refractivity contribution in [1.29, 1.82) is 0 Å². The largest absolute Gasteiger partial charge is 0.343 e. The second-order valence-electron chi connectivity index (χ2n) is 7.35. The number of carbonyl (C=O) groups excluding carboxylic acids is 2. The average Bonchev–Trinajstić information content (AvgIpc) is 3.04. The molecule has 1 atom stereocenters. The minimum absolute atomic E-state index is 0.107. The van der Waals surface area contributed by atoms with Gasteiger partial charge in [-0.15, -0.1) is 0 Å². The fourth-order valence-electron chi connectivity index (χ4n) is 3.51. The van der Waals surface area contributed by atoms with Crippen LogP contribution in [0.4, 0.5) is 4.79 Å². The Morgan fingerprint density at radius 2 is 2.12 bits per heavy atom. The van der Waals surface area contributed by atoms with E-state index in [0.29, 0.717) is 43.2 Å². The maximum atomic E-state index is 12.5. The van der Waals surface area contributed by atoms with Gasteiger partial charge in [-0.25, -0.2) is 4.79 Å². The summed E-state index contributed by atoms with van der Waals surface area (Å²) in [6.07, 6.45) is 5.46. The van der Waals surface area contributed by atoms with E-state index in [2.05, 4.69) is 15.5 Å². The first-order valence-corrected chi connectivity index (χ1v) is 9.67. The van der Waals surface area contributed by atoms with Gasteiger partial charge in [0, 0.05) is 39.0 Å². The SMILES string of the molecule is CCN(Cc1noc(C2CCC2)n1)C(=O)NCC1CCCN(C(C)=O)C1. The molecule has 8 heteroatoms. The molecule has 1 aromatic rings. The van der Waals surface area contributed by atoms with E-state index in [0.717, 1.165) is 38.8 Å². The van der Waals surface area contributed by atoms with Gasteiger partial charge in [0.05, 0.1) is 6.54 Å². The zero-order valence-corrected chi connectivity index (χ0v) is 15.7. The van der Waals surface area contributed by atoms with E-state index in [1.54, 1.807) is 11.8 Å². The molecule has 2 heterocycles. The van der Waals surface area contributed by atoms with Crippen LogP contribution in [-0.4, -0.2) is 58.1 Å². The van der Waals surface area contributed by atoms with E-state index in [9.17, 15) is 9.59 Å². The molecule has 1 aromatic heterocycles. The normalized spacial score (nSPS) is 20.5. The van der Waals surface area contributed by atoms with Gasteiger partial charge in [-0.2, -0.15) is 4.98 Å². The Bertz CT molecular complexity index is 628. The minimum Gasteiger partial charge on any atom is -0.343 e. The van der Waals surface area contributed by atoms with Crippen LogP contribution in [0, 0.1) is 5.92 Å². The van der Waals surface area contributed by atoms with Crippen LogP contribution in [0.1, 0.15) is 63.6 Å². The van der Waals surface area contributed by atoms with Crippen LogP contribution in [0.25, 0.3) is 0 Å². The molecule has 1 N–H and O–H groups in total. The van der Waals surface area contributed by atoms with Gasteiger partial charge in [-0.3, -0.25) is 4.79 Å².